The Kier molecular flexibility index (Phi) is 5.68. The van der Waals surface area contributed by atoms with Crippen LogP contribution >= 0.6 is 28.1 Å². The zero-order chi connectivity index (χ0) is 18.7. The van der Waals surface area contributed by atoms with E-state index in [1.54, 1.807) is 29.1 Å². The average molecular weight is 433 g/mol. The van der Waals surface area contributed by atoms with Crippen LogP contribution in [-0.4, -0.2) is 14.9 Å². The minimum absolute atomic E-state index is 0.249. The zero-order valence-electron chi connectivity index (χ0n) is 14.4. The summed E-state index contributed by atoms with van der Waals surface area (Å²) in [5.74, 6) is 0.322. The van der Waals surface area contributed by atoms with Crippen molar-refractivity contribution in [2.24, 2.45) is 0 Å². The molecule has 0 amide bonds. The van der Waals surface area contributed by atoms with Gasteiger partial charge in [-0.3, -0.25) is 4.68 Å². The lowest BCUT2D eigenvalue weighted by molar-refractivity contribution is 0.586. The van der Waals surface area contributed by atoms with Gasteiger partial charge in [0.15, 0.2) is 10.9 Å². The van der Waals surface area contributed by atoms with Gasteiger partial charge in [0.05, 0.1) is 11.0 Å². The molecule has 0 bridgehead atoms. The molecule has 0 radical (unpaired) electrons. The molecule has 0 spiro atoms. The number of aromatic nitrogens is 2. The third kappa shape index (κ3) is 4.47. The van der Waals surface area contributed by atoms with Crippen molar-refractivity contribution >= 4 is 44.8 Å². The standard InChI is InChI=1S/C19H18BrFN4S/c1-12-7-8-15(9-13(12)2)22-19(26)23-18-16(20)11-25(24-18)10-14-5-3-4-6-17(14)21/h3-9,11H,10H2,1-2H3,(H2,22,23,24,26). The molecule has 4 nitrogen and oxygen atoms in total. The van der Waals surface area contributed by atoms with E-state index in [0.29, 0.717) is 23.0 Å². The van der Waals surface area contributed by atoms with E-state index in [0.717, 1.165) is 10.2 Å². The Morgan fingerprint density at radius 3 is 2.65 bits per heavy atom. The molecule has 0 saturated carbocycles. The minimum atomic E-state index is -0.249. The number of anilines is 2. The lowest BCUT2D eigenvalue weighted by Crippen LogP contribution is -2.20. The van der Waals surface area contributed by atoms with Gasteiger partial charge in [-0.05, 0) is 71.3 Å². The number of benzene rings is 2. The second-order valence-electron chi connectivity index (χ2n) is 5.99. The van der Waals surface area contributed by atoms with Crippen molar-refractivity contribution in [1.29, 1.82) is 0 Å². The molecule has 26 heavy (non-hydrogen) atoms. The third-order valence-corrected chi connectivity index (χ3v) is 4.79. The summed E-state index contributed by atoms with van der Waals surface area (Å²) >= 11 is 8.82. The van der Waals surface area contributed by atoms with Gasteiger partial charge in [-0.1, -0.05) is 24.3 Å². The Hall–Kier alpha value is -2.25. The summed E-state index contributed by atoms with van der Waals surface area (Å²) in [6, 6.07) is 12.7. The number of nitrogens with one attached hydrogen (secondary N) is 2. The first kappa shape index (κ1) is 18.5. The molecule has 1 heterocycles. The van der Waals surface area contributed by atoms with Gasteiger partial charge in [0.25, 0.3) is 0 Å². The fourth-order valence-electron chi connectivity index (χ4n) is 2.45. The van der Waals surface area contributed by atoms with Crippen LogP contribution in [0.15, 0.2) is 53.1 Å². The van der Waals surface area contributed by atoms with Crippen LogP contribution in [0.25, 0.3) is 0 Å². The van der Waals surface area contributed by atoms with Crippen LogP contribution in [0.2, 0.25) is 0 Å². The van der Waals surface area contributed by atoms with Crippen molar-refractivity contribution in [2.45, 2.75) is 20.4 Å². The number of thiocarbonyl (C=S) groups is 1. The van der Waals surface area contributed by atoms with Crippen LogP contribution in [0.5, 0.6) is 0 Å². The lowest BCUT2D eigenvalue weighted by Gasteiger charge is -2.10. The maximum Gasteiger partial charge on any atom is 0.176 e. The van der Waals surface area contributed by atoms with Crippen molar-refractivity contribution in [3.8, 4) is 0 Å². The van der Waals surface area contributed by atoms with Crippen LogP contribution in [0, 0.1) is 19.7 Å². The fraction of sp³-hybridized carbons (Fsp3) is 0.158. The van der Waals surface area contributed by atoms with E-state index in [1.807, 2.05) is 18.2 Å². The Morgan fingerprint density at radius 2 is 1.92 bits per heavy atom. The lowest BCUT2D eigenvalue weighted by atomic mass is 10.1. The molecule has 1 aromatic heterocycles. The van der Waals surface area contributed by atoms with E-state index in [9.17, 15) is 4.39 Å². The number of rotatable bonds is 4. The molecule has 3 aromatic rings. The van der Waals surface area contributed by atoms with Gasteiger partial charge < -0.3 is 10.6 Å². The van der Waals surface area contributed by atoms with E-state index >= 15 is 0 Å². The van der Waals surface area contributed by atoms with Crippen molar-refractivity contribution in [2.75, 3.05) is 10.6 Å². The van der Waals surface area contributed by atoms with E-state index < -0.39 is 0 Å². The molecule has 7 heteroatoms. The number of hydrogen-bond donors (Lipinski definition) is 2. The van der Waals surface area contributed by atoms with Crippen molar-refractivity contribution in [1.82, 2.24) is 9.78 Å². The normalized spacial score (nSPS) is 10.6. The van der Waals surface area contributed by atoms with Gasteiger partial charge in [-0.15, -0.1) is 0 Å². The largest absolute Gasteiger partial charge is 0.332 e. The second kappa shape index (κ2) is 7.97. The molecule has 0 aliphatic heterocycles. The van der Waals surface area contributed by atoms with Crippen molar-refractivity contribution in [3.05, 3.63) is 75.6 Å². The Balaban J connectivity index is 1.68. The van der Waals surface area contributed by atoms with E-state index in [4.69, 9.17) is 12.2 Å². The Labute approximate surface area is 165 Å². The third-order valence-electron chi connectivity index (χ3n) is 4.00. The highest BCUT2D eigenvalue weighted by Gasteiger charge is 2.10. The van der Waals surface area contributed by atoms with Crippen LogP contribution in [0.3, 0.4) is 0 Å². The van der Waals surface area contributed by atoms with Crippen LogP contribution in [0.4, 0.5) is 15.9 Å². The number of nitrogens with zero attached hydrogens (tertiary/aromatic N) is 2. The summed E-state index contributed by atoms with van der Waals surface area (Å²) in [6.07, 6.45) is 1.79. The smallest absolute Gasteiger partial charge is 0.176 e. The molecule has 2 N–H and O–H groups in total. The van der Waals surface area contributed by atoms with Crippen LogP contribution in [-0.2, 0) is 6.54 Å². The number of hydrogen-bond acceptors (Lipinski definition) is 2. The predicted molar refractivity (Wildman–Crippen MR) is 111 cm³/mol. The Bertz CT molecular complexity index is 954. The molecular formula is C19H18BrFN4S. The van der Waals surface area contributed by atoms with Crippen molar-refractivity contribution in [3.63, 3.8) is 0 Å². The van der Waals surface area contributed by atoms with E-state index in [1.165, 1.54) is 17.2 Å². The van der Waals surface area contributed by atoms with Gasteiger partial charge in [0, 0.05) is 17.4 Å². The number of aryl methyl sites for hydroxylation is 2. The molecule has 0 unspecified atom stereocenters. The average Bonchev–Trinajstić information content (AvgIpc) is 2.92. The monoisotopic (exact) mass is 432 g/mol. The summed E-state index contributed by atoms with van der Waals surface area (Å²) < 4.78 is 16.2. The summed E-state index contributed by atoms with van der Waals surface area (Å²) in [4.78, 5) is 0. The van der Waals surface area contributed by atoms with Gasteiger partial charge in [-0.25, -0.2) is 4.39 Å². The minimum Gasteiger partial charge on any atom is -0.332 e. The second-order valence-corrected chi connectivity index (χ2v) is 7.26. The quantitative estimate of drug-likeness (QED) is 0.551. The highest BCUT2D eigenvalue weighted by atomic mass is 79.9. The molecular weight excluding hydrogens is 415 g/mol. The molecule has 0 atom stereocenters. The molecule has 3 rings (SSSR count). The highest BCUT2D eigenvalue weighted by Crippen LogP contribution is 2.22. The van der Waals surface area contributed by atoms with Gasteiger partial charge in [0.2, 0.25) is 0 Å². The van der Waals surface area contributed by atoms with Crippen LogP contribution < -0.4 is 10.6 Å². The molecule has 134 valence electrons. The maximum atomic E-state index is 13.8. The molecule has 0 aliphatic rings. The van der Waals surface area contributed by atoms with Gasteiger partial charge in [0.1, 0.15) is 5.82 Å². The Morgan fingerprint density at radius 1 is 1.15 bits per heavy atom. The first-order valence-electron chi connectivity index (χ1n) is 8.04. The molecule has 0 aliphatic carbocycles. The van der Waals surface area contributed by atoms with Gasteiger partial charge in [-0.2, -0.15) is 5.10 Å². The molecule has 0 saturated heterocycles. The van der Waals surface area contributed by atoms with Gasteiger partial charge >= 0.3 is 0 Å². The topological polar surface area (TPSA) is 41.9 Å². The summed E-state index contributed by atoms with van der Waals surface area (Å²) in [7, 11) is 0. The van der Waals surface area contributed by atoms with Crippen molar-refractivity contribution < 1.29 is 4.39 Å². The zero-order valence-corrected chi connectivity index (χ0v) is 16.8. The molecule has 0 fully saturated rings. The maximum absolute atomic E-state index is 13.8. The first-order valence-corrected chi connectivity index (χ1v) is 9.24. The summed E-state index contributed by atoms with van der Waals surface area (Å²) in [5.41, 5.74) is 3.90. The molecule has 2 aromatic carbocycles. The number of halogens is 2. The fourth-order valence-corrected chi connectivity index (χ4v) is 3.08. The van der Waals surface area contributed by atoms with E-state index in [2.05, 4.69) is 45.5 Å². The summed E-state index contributed by atoms with van der Waals surface area (Å²) in [6.45, 7) is 4.46. The predicted octanol–water partition coefficient (Wildman–Crippen LogP) is 5.26. The summed E-state index contributed by atoms with van der Waals surface area (Å²) in [5, 5.41) is 11.1. The first-order chi connectivity index (χ1) is 12.4. The SMILES string of the molecule is Cc1ccc(NC(=S)Nc2nn(Cc3ccccc3F)cc2Br)cc1C. The highest BCUT2D eigenvalue weighted by molar-refractivity contribution is 9.10. The van der Waals surface area contributed by atoms with Crippen LogP contribution in [0.1, 0.15) is 16.7 Å². The van der Waals surface area contributed by atoms with E-state index in [-0.39, 0.29) is 5.82 Å².